The van der Waals surface area contributed by atoms with Gasteiger partial charge >= 0.3 is 0 Å². The predicted molar refractivity (Wildman–Crippen MR) is 125 cm³/mol. The van der Waals surface area contributed by atoms with Crippen LogP contribution in [0.4, 0.5) is 0 Å². The zero-order valence-electron chi connectivity index (χ0n) is 18.4. The Bertz CT molecular complexity index is 1100. The number of benzene rings is 2. The summed E-state index contributed by atoms with van der Waals surface area (Å²) in [5.41, 5.74) is 2.86. The highest BCUT2D eigenvalue weighted by Gasteiger charge is 2.25. The molecule has 0 N–H and O–H groups in total. The Morgan fingerprint density at radius 3 is 2.19 bits per heavy atom. The molecule has 5 nitrogen and oxygen atoms in total. The monoisotopic (exact) mass is 450 g/mol. The summed E-state index contributed by atoms with van der Waals surface area (Å²) in [6.07, 6.45) is 0.788. The van der Waals surface area contributed by atoms with E-state index >= 15 is 0 Å². The van der Waals surface area contributed by atoms with Crippen LogP contribution in [0.2, 0.25) is 5.02 Å². The SMILES string of the molecule is CCN(CC)Cc1cc2c(o1)CN(C(=O)c1ccc(C(=O)c3ccc(Cl)cc3)cc1)CC2. The molecule has 0 bridgehead atoms. The minimum absolute atomic E-state index is 0.0529. The van der Waals surface area contributed by atoms with Gasteiger partial charge in [0.2, 0.25) is 0 Å². The van der Waals surface area contributed by atoms with E-state index in [0.717, 1.165) is 37.6 Å². The van der Waals surface area contributed by atoms with Crippen LogP contribution in [0.3, 0.4) is 0 Å². The van der Waals surface area contributed by atoms with E-state index in [1.165, 1.54) is 5.56 Å². The standard InChI is InChI=1S/C26H27ClN2O3/c1-3-28(4-2)16-23-15-21-13-14-29(17-24(21)32-23)26(31)20-7-5-18(6-8-20)25(30)19-9-11-22(27)12-10-19/h5-12,15H,3-4,13-14,16-17H2,1-2H3. The first-order chi connectivity index (χ1) is 15.5. The molecule has 6 heteroatoms. The summed E-state index contributed by atoms with van der Waals surface area (Å²) in [7, 11) is 0. The first kappa shape index (κ1) is 22.3. The Labute approximate surface area is 193 Å². The lowest BCUT2D eigenvalue weighted by molar-refractivity contribution is 0.0718. The lowest BCUT2D eigenvalue weighted by Gasteiger charge is -2.26. The third-order valence-electron chi connectivity index (χ3n) is 5.99. The zero-order chi connectivity index (χ0) is 22.7. The third-order valence-corrected chi connectivity index (χ3v) is 6.25. The molecule has 0 saturated heterocycles. The van der Waals surface area contributed by atoms with E-state index in [0.29, 0.717) is 34.8 Å². The Hall–Kier alpha value is -2.89. The topological polar surface area (TPSA) is 53.8 Å². The van der Waals surface area contributed by atoms with Gasteiger partial charge in [-0.2, -0.15) is 0 Å². The summed E-state index contributed by atoms with van der Waals surface area (Å²) in [5.74, 6) is 1.68. The average molecular weight is 451 g/mol. The fraction of sp³-hybridized carbons (Fsp3) is 0.308. The number of rotatable bonds is 7. The van der Waals surface area contributed by atoms with Gasteiger partial charge in [-0.3, -0.25) is 14.5 Å². The minimum Gasteiger partial charge on any atom is -0.463 e. The molecular formula is C26H27ClN2O3. The Morgan fingerprint density at radius 2 is 1.56 bits per heavy atom. The van der Waals surface area contributed by atoms with Crippen molar-refractivity contribution in [3.05, 3.63) is 93.4 Å². The van der Waals surface area contributed by atoms with Crippen molar-refractivity contribution in [2.45, 2.75) is 33.4 Å². The van der Waals surface area contributed by atoms with E-state index in [-0.39, 0.29) is 11.7 Å². The van der Waals surface area contributed by atoms with Crippen LogP contribution in [0.1, 0.15) is 57.2 Å². The smallest absolute Gasteiger partial charge is 0.254 e. The molecule has 1 amide bonds. The van der Waals surface area contributed by atoms with Crippen LogP contribution < -0.4 is 0 Å². The first-order valence-corrected chi connectivity index (χ1v) is 11.4. The lowest BCUT2D eigenvalue weighted by Crippen LogP contribution is -2.35. The maximum atomic E-state index is 13.1. The maximum absolute atomic E-state index is 13.1. The van der Waals surface area contributed by atoms with Gasteiger partial charge in [-0.1, -0.05) is 37.6 Å². The number of hydrogen-bond donors (Lipinski definition) is 0. The quantitative estimate of drug-likeness (QED) is 0.464. The van der Waals surface area contributed by atoms with E-state index in [1.54, 1.807) is 48.5 Å². The lowest BCUT2D eigenvalue weighted by atomic mass is 10.0. The Kier molecular flexibility index (Phi) is 6.77. The molecule has 1 aliphatic rings. The summed E-state index contributed by atoms with van der Waals surface area (Å²) in [6.45, 7) is 8.14. The van der Waals surface area contributed by atoms with Crippen molar-refractivity contribution in [1.29, 1.82) is 0 Å². The number of fused-ring (bicyclic) bond motifs is 1. The van der Waals surface area contributed by atoms with Crippen molar-refractivity contribution in [2.75, 3.05) is 19.6 Å². The molecule has 0 fully saturated rings. The van der Waals surface area contributed by atoms with Gasteiger partial charge in [0.15, 0.2) is 5.78 Å². The van der Waals surface area contributed by atoms with Gasteiger partial charge in [0.05, 0.1) is 13.1 Å². The van der Waals surface area contributed by atoms with Crippen molar-refractivity contribution >= 4 is 23.3 Å². The molecule has 0 spiro atoms. The second-order valence-corrected chi connectivity index (χ2v) is 8.45. The van der Waals surface area contributed by atoms with Crippen LogP contribution in [-0.4, -0.2) is 41.1 Å². The molecule has 0 atom stereocenters. The van der Waals surface area contributed by atoms with Crippen LogP contribution >= 0.6 is 11.6 Å². The highest BCUT2D eigenvalue weighted by atomic mass is 35.5. The normalized spacial score (nSPS) is 13.3. The highest BCUT2D eigenvalue weighted by molar-refractivity contribution is 6.30. The van der Waals surface area contributed by atoms with E-state index in [2.05, 4.69) is 24.8 Å². The van der Waals surface area contributed by atoms with Crippen LogP contribution in [0.15, 0.2) is 59.0 Å². The molecule has 2 aromatic carbocycles. The first-order valence-electron chi connectivity index (χ1n) is 11.0. The number of hydrogen-bond acceptors (Lipinski definition) is 4. The second-order valence-electron chi connectivity index (χ2n) is 8.01. The number of amides is 1. The largest absolute Gasteiger partial charge is 0.463 e. The van der Waals surface area contributed by atoms with Gasteiger partial charge in [-0.25, -0.2) is 0 Å². The molecule has 2 heterocycles. The molecule has 0 saturated carbocycles. The number of nitrogens with zero attached hydrogens (tertiary/aromatic N) is 2. The van der Waals surface area contributed by atoms with Crippen molar-refractivity contribution < 1.29 is 14.0 Å². The van der Waals surface area contributed by atoms with Crippen LogP contribution in [0, 0.1) is 0 Å². The number of halogens is 1. The van der Waals surface area contributed by atoms with Crippen LogP contribution in [-0.2, 0) is 19.5 Å². The summed E-state index contributed by atoms with van der Waals surface area (Å²) in [6, 6.07) is 15.8. The van der Waals surface area contributed by atoms with Crippen LogP contribution in [0.5, 0.6) is 0 Å². The molecule has 0 radical (unpaired) electrons. The van der Waals surface area contributed by atoms with E-state index in [9.17, 15) is 9.59 Å². The summed E-state index contributed by atoms with van der Waals surface area (Å²) >= 11 is 5.90. The van der Waals surface area contributed by atoms with Crippen LogP contribution in [0.25, 0.3) is 0 Å². The van der Waals surface area contributed by atoms with Crippen molar-refractivity contribution in [1.82, 2.24) is 9.80 Å². The summed E-state index contributed by atoms with van der Waals surface area (Å²) in [5, 5.41) is 0.587. The van der Waals surface area contributed by atoms with E-state index in [4.69, 9.17) is 16.0 Å². The molecular weight excluding hydrogens is 424 g/mol. The van der Waals surface area contributed by atoms with Gasteiger partial charge in [0.25, 0.3) is 5.91 Å². The molecule has 1 aromatic heterocycles. The zero-order valence-corrected chi connectivity index (χ0v) is 19.2. The maximum Gasteiger partial charge on any atom is 0.254 e. The molecule has 0 aliphatic carbocycles. The van der Waals surface area contributed by atoms with E-state index < -0.39 is 0 Å². The Morgan fingerprint density at radius 1 is 0.969 bits per heavy atom. The predicted octanol–water partition coefficient (Wildman–Crippen LogP) is 5.20. The minimum atomic E-state index is -0.0976. The van der Waals surface area contributed by atoms with Gasteiger partial charge in [0.1, 0.15) is 11.5 Å². The van der Waals surface area contributed by atoms with Gasteiger partial charge < -0.3 is 9.32 Å². The van der Waals surface area contributed by atoms with Gasteiger partial charge in [-0.15, -0.1) is 0 Å². The van der Waals surface area contributed by atoms with Crippen molar-refractivity contribution in [2.24, 2.45) is 0 Å². The number of ketones is 1. The number of carbonyl (C=O) groups excluding carboxylic acids is 2. The molecule has 166 valence electrons. The molecule has 1 aliphatic heterocycles. The van der Waals surface area contributed by atoms with Crippen molar-refractivity contribution in [3.63, 3.8) is 0 Å². The fourth-order valence-corrected chi connectivity index (χ4v) is 4.14. The van der Waals surface area contributed by atoms with E-state index in [1.807, 2.05) is 4.90 Å². The summed E-state index contributed by atoms with van der Waals surface area (Å²) in [4.78, 5) is 29.8. The molecule has 3 aromatic rings. The second kappa shape index (κ2) is 9.72. The molecule has 4 rings (SSSR count). The van der Waals surface area contributed by atoms with Crippen molar-refractivity contribution in [3.8, 4) is 0 Å². The van der Waals surface area contributed by atoms with Gasteiger partial charge in [-0.05, 0) is 67.5 Å². The average Bonchev–Trinajstić information content (AvgIpc) is 3.24. The number of carbonyl (C=O) groups is 2. The number of furan rings is 1. The fourth-order valence-electron chi connectivity index (χ4n) is 4.01. The highest BCUT2D eigenvalue weighted by Crippen LogP contribution is 2.25. The van der Waals surface area contributed by atoms with Gasteiger partial charge in [0, 0.05) is 28.3 Å². The summed E-state index contributed by atoms with van der Waals surface area (Å²) < 4.78 is 6.07. The Balaban J connectivity index is 1.43. The third kappa shape index (κ3) is 4.79. The molecule has 32 heavy (non-hydrogen) atoms. The molecule has 0 unspecified atom stereocenters.